The van der Waals surface area contributed by atoms with Gasteiger partial charge in [-0.05, 0) is 36.4 Å². The highest BCUT2D eigenvalue weighted by molar-refractivity contribution is 7.89. The van der Waals surface area contributed by atoms with Crippen molar-refractivity contribution in [3.8, 4) is 11.5 Å². The zero-order valence-corrected chi connectivity index (χ0v) is 16.1. The van der Waals surface area contributed by atoms with Crippen LogP contribution in [0.3, 0.4) is 0 Å². The van der Waals surface area contributed by atoms with Crippen molar-refractivity contribution in [3.63, 3.8) is 0 Å². The molecule has 1 heterocycles. The number of nitrogens with one attached hydrogen (secondary N) is 1. The van der Waals surface area contributed by atoms with Gasteiger partial charge >= 0.3 is 0 Å². The second kappa shape index (κ2) is 7.35. The number of sulfonamides is 1. The normalized spacial score (nSPS) is 16.7. The summed E-state index contributed by atoms with van der Waals surface area (Å²) in [6, 6.07) is 8.92. The predicted octanol–water partition coefficient (Wildman–Crippen LogP) is 3.56. The Bertz CT molecular complexity index is 810. The second-order valence-corrected chi connectivity index (χ2v) is 8.99. The lowest BCUT2D eigenvalue weighted by Gasteiger charge is -2.28. The summed E-state index contributed by atoms with van der Waals surface area (Å²) in [5.74, 6) is 0.792. The van der Waals surface area contributed by atoms with Gasteiger partial charge in [-0.15, -0.1) is 11.3 Å². The van der Waals surface area contributed by atoms with Gasteiger partial charge in [0.05, 0.1) is 14.2 Å². The number of hydrogen-bond donors (Lipinski definition) is 1. The first-order valence-corrected chi connectivity index (χ1v) is 10.6. The van der Waals surface area contributed by atoms with E-state index in [2.05, 4.69) is 16.2 Å². The first-order valence-electron chi connectivity index (χ1n) is 8.26. The average molecular weight is 382 g/mol. The van der Waals surface area contributed by atoms with Crippen LogP contribution < -0.4 is 14.2 Å². The maximum absolute atomic E-state index is 12.9. The van der Waals surface area contributed by atoms with E-state index in [1.165, 1.54) is 25.2 Å². The molecule has 5 nitrogen and oxygen atoms in total. The van der Waals surface area contributed by atoms with Crippen molar-refractivity contribution >= 4 is 21.4 Å². The lowest BCUT2D eigenvalue weighted by Crippen LogP contribution is -2.38. The lowest BCUT2D eigenvalue weighted by molar-refractivity contribution is 0.391. The number of hydrogen-bond acceptors (Lipinski definition) is 5. The Hall–Kier alpha value is -1.57. The fourth-order valence-corrected chi connectivity index (χ4v) is 5.74. The number of methoxy groups -OCH3 is 2. The molecule has 0 bridgehead atoms. The molecule has 0 spiro atoms. The van der Waals surface area contributed by atoms with Gasteiger partial charge in [-0.25, -0.2) is 13.1 Å². The van der Waals surface area contributed by atoms with E-state index < -0.39 is 10.0 Å². The van der Waals surface area contributed by atoms with E-state index in [9.17, 15) is 8.42 Å². The molecule has 1 aliphatic rings. The minimum Gasteiger partial charge on any atom is -0.497 e. The summed E-state index contributed by atoms with van der Waals surface area (Å²) in [6.45, 7) is 0.399. The SMILES string of the molecule is COc1ccc(OC)c(S(=O)(=O)NCC2(c3cccs3)CCCC2)c1. The van der Waals surface area contributed by atoms with Crippen molar-refractivity contribution in [1.82, 2.24) is 4.72 Å². The minimum atomic E-state index is -3.70. The zero-order valence-electron chi connectivity index (χ0n) is 14.4. The predicted molar refractivity (Wildman–Crippen MR) is 99.2 cm³/mol. The van der Waals surface area contributed by atoms with Crippen LogP contribution in [0.25, 0.3) is 0 Å². The Labute approximate surface area is 153 Å². The molecule has 0 radical (unpaired) electrons. The molecule has 0 aliphatic heterocycles. The van der Waals surface area contributed by atoms with E-state index in [1.807, 2.05) is 6.07 Å². The van der Waals surface area contributed by atoms with Gasteiger partial charge in [0, 0.05) is 22.9 Å². The van der Waals surface area contributed by atoms with Gasteiger partial charge in [0.2, 0.25) is 10.0 Å². The molecule has 1 N–H and O–H groups in total. The van der Waals surface area contributed by atoms with Crippen molar-refractivity contribution in [3.05, 3.63) is 40.6 Å². The van der Waals surface area contributed by atoms with Gasteiger partial charge in [-0.1, -0.05) is 18.9 Å². The first-order chi connectivity index (χ1) is 12.0. The summed E-state index contributed by atoms with van der Waals surface area (Å²) >= 11 is 1.70. The summed E-state index contributed by atoms with van der Waals surface area (Å²) < 4.78 is 39.0. The van der Waals surface area contributed by atoms with Gasteiger partial charge in [-0.2, -0.15) is 0 Å². The lowest BCUT2D eigenvalue weighted by atomic mass is 9.85. The molecule has 1 aromatic heterocycles. The molecular formula is C18H23NO4S2. The van der Waals surface area contributed by atoms with Crippen molar-refractivity contribution < 1.29 is 17.9 Å². The van der Waals surface area contributed by atoms with Gasteiger partial charge in [0.25, 0.3) is 0 Å². The second-order valence-electron chi connectivity index (χ2n) is 6.31. The van der Waals surface area contributed by atoms with Gasteiger partial charge in [-0.3, -0.25) is 0 Å². The molecule has 3 rings (SSSR count). The van der Waals surface area contributed by atoms with E-state index in [1.54, 1.807) is 23.5 Å². The Morgan fingerprint density at radius 3 is 2.52 bits per heavy atom. The fraction of sp³-hybridized carbons (Fsp3) is 0.444. The van der Waals surface area contributed by atoms with E-state index >= 15 is 0 Å². The number of thiophene rings is 1. The van der Waals surface area contributed by atoms with Crippen molar-refractivity contribution in [2.75, 3.05) is 20.8 Å². The fourth-order valence-electron chi connectivity index (χ4n) is 3.45. The quantitative estimate of drug-likeness (QED) is 0.796. The van der Waals surface area contributed by atoms with Crippen LogP contribution in [-0.2, 0) is 15.4 Å². The molecule has 0 amide bonds. The third-order valence-corrected chi connectivity index (χ3v) is 7.40. The third-order valence-electron chi connectivity index (χ3n) is 4.87. The maximum atomic E-state index is 12.9. The number of rotatable bonds is 7. The smallest absolute Gasteiger partial charge is 0.244 e. The Morgan fingerprint density at radius 2 is 1.92 bits per heavy atom. The topological polar surface area (TPSA) is 64.6 Å². The molecule has 1 saturated carbocycles. The highest BCUT2D eigenvalue weighted by Crippen LogP contribution is 2.43. The van der Waals surface area contributed by atoms with Crippen LogP contribution in [0.15, 0.2) is 40.6 Å². The Balaban J connectivity index is 1.87. The summed E-state index contributed by atoms with van der Waals surface area (Å²) in [5.41, 5.74) is -0.104. The molecule has 7 heteroatoms. The van der Waals surface area contributed by atoms with Gasteiger partial charge < -0.3 is 9.47 Å². The first kappa shape index (κ1) is 18.2. The summed E-state index contributed by atoms with van der Waals surface area (Å²) in [4.78, 5) is 1.36. The maximum Gasteiger partial charge on any atom is 0.244 e. The largest absolute Gasteiger partial charge is 0.497 e. The molecule has 0 unspecified atom stereocenters. The van der Waals surface area contributed by atoms with Crippen molar-refractivity contribution in [2.45, 2.75) is 36.0 Å². The van der Waals surface area contributed by atoms with E-state index in [4.69, 9.17) is 9.47 Å². The minimum absolute atomic E-state index is 0.104. The van der Waals surface area contributed by atoms with Crippen LogP contribution in [0.2, 0.25) is 0 Å². The molecule has 1 aromatic carbocycles. The van der Waals surface area contributed by atoms with Gasteiger partial charge in [0.1, 0.15) is 16.4 Å². The van der Waals surface area contributed by atoms with E-state index in [-0.39, 0.29) is 10.3 Å². The van der Waals surface area contributed by atoms with Crippen molar-refractivity contribution in [2.24, 2.45) is 0 Å². The van der Waals surface area contributed by atoms with Crippen LogP contribution in [0.1, 0.15) is 30.6 Å². The molecule has 0 atom stereocenters. The molecule has 0 saturated heterocycles. The zero-order chi connectivity index (χ0) is 17.9. The molecule has 2 aromatic rings. The molecule has 1 aliphatic carbocycles. The van der Waals surface area contributed by atoms with Crippen LogP contribution in [0, 0.1) is 0 Å². The van der Waals surface area contributed by atoms with Crippen LogP contribution in [0.5, 0.6) is 11.5 Å². The Morgan fingerprint density at radius 1 is 1.16 bits per heavy atom. The molecular weight excluding hydrogens is 358 g/mol. The molecule has 25 heavy (non-hydrogen) atoms. The molecule has 1 fully saturated rings. The standard InChI is InChI=1S/C18H23NO4S2/c1-22-14-7-8-15(23-2)16(12-14)25(20,21)19-13-18(9-3-4-10-18)17-6-5-11-24-17/h5-8,11-12,19H,3-4,9-10,13H2,1-2H3. The molecule has 136 valence electrons. The van der Waals surface area contributed by atoms with Crippen LogP contribution in [0.4, 0.5) is 0 Å². The third kappa shape index (κ3) is 3.68. The van der Waals surface area contributed by atoms with Crippen LogP contribution >= 0.6 is 11.3 Å². The average Bonchev–Trinajstić information content (AvgIpc) is 3.31. The van der Waals surface area contributed by atoms with Gasteiger partial charge in [0.15, 0.2) is 0 Å². The number of benzene rings is 1. The summed E-state index contributed by atoms with van der Waals surface area (Å²) in [5, 5.41) is 2.05. The number of ether oxygens (including phenoxy) is 2. The summed E-state index contributed by atoms with van der Waals surface area (Å²) in [7, 11) is -0.730. The van der Waals surface area contributed by atoms with E-state index in [0.29, 0.717) is 18.0 Å². The van der Waals surface area contributed by atoms with Crippen molar-refractivity contribution in [1.29, 1.82) is 0 Å². The van der Waals surface area contributed by atoms with Crippen LogP contribution in [-0.4, -0.2) is 29.2 Å². The summed E-state index contributed by atoms with van der Waals surface area (Å²) in [6.07, 6.45) is 4.26. The highest BCUT2D eigenvalue weighted by Gasteiger charge is 2.38. The monoisotopic (exact) mass is 381 g/mol. The highest BCUT2D eigenvalue weighted by atomic mass is 32.2. The Kier molecular flexibility index (Phi) is 5.36. The van der Waals surface area contributed by atoms with E-state index in [0.717, 1.165) is 25.7 Å².